The minimum atomic E-state index is -0.839. The number of amides is 1. The molecule has 9 heteroatoms. The minimum absolute atomic E-state index is 0.0637. The van der Waals surface area contributed by atoms with E-state index in [1.54, 1.807) is 24.3 Å². The lowest BCUT2D eigenvalue weighted by Gasteiger charge is -2.11. The molecule has 0 heterocycles. The molecule has 3 rings (SSSR count). The molecule has 31 heavy (non-hydrogen) atoms. The highest BCUT2D eigenvalue weighted by Crippen LogP contribution is 2.34. The molecule has 0 atom stereocenters. The molecule has 0 aromatic heterocycles. The highest BCUT2D eigenvalue weighted by molar-refractivity contribution is 6.37. The van der Waals surface area contributed by atoms with Crippen molar-refractivity contribution in [1.29, 1.82) is 5.26 Å². The molecule has 0 aliphatic heterocycles. The van der Waals surface area contributed by atoms with E-state index in [0.717, 1.165) is 6.07 Å². The Morgan fingerprint density at radius 3 is 2.45 bits per heavy atom. The van der Waals surface area contributed by atoms with Crippen LogP contribution in [0, 0.1) is 23.0 Å². The summed E-state index contributed by atoms with van der Waals surface area (Å²) in [5, 5.41) is 12.8. The first-order chi connectivity index (χ1) is 14.9. The predicted molar refractivity (Wildman–Crippen MR) is 113 cm³/mol. The van der Waals surface area contributed by atoms with E-state index >= 15 is 0 Å². The van der Waals surface area contributed by atoms with Crippen molar-refractivity contribution in [3.8, 4) is 11.8 Å². The zero-order chi connectivity index (χ0) is 22.4. The van der Waals surface area contributed by atoms with Gasteiger partial charge in [0.1, 0.15) is 18.2 Å². The molecular weight excluding hydrogens is 447 g/mol. The van der Waals surface area contributed by atoms with Crippen molar-refractivity contribution in [1.82, 2.24) is 5.43 Å². The number of ether oxygens (including phenoxy) is 1. The average molecular weight is 460 g/mol. The van der Waals surface area contributed by atoms with E-state index < -0.39 is 17.5 Å². The van der Waals surface area contributed by atoms with E-state index in [1.807, 2.05) is 0 Å². The Labute approximate surface area is 186 Å². The van der Waals surface area contributed by atoms with Crippen LogP contribution < -0.4 is 10.2 Å². The lowest BCUT2D eigenvalue weighted by molar-refractivity contribution is 0.0951. The van der Waals surface area contributed by atoms with Gasteiger partial charge in [0, 0.05) is 5.56 Å². The summed E-state index contributed by atoms with van der Waals surface area (Å²) in [5.74, 6) is -1.87. The second kappa shape index (κ2) is 10.0. The summed E-state index contributed by atoms with van der Waals surface area (Å²) in [4.78, 5) is 12.0. The molecule has 0 spiro atoms. The highest BCUT2D eigenvalue weighted by Gasteiger charge is 2.13. The monoisotopic (exact) mass is 459 g/mol. The molecule has 0 radical (unpaired) electrons. The van der Waals surface area contributed by atoms with Gasteiger partial charge in [0.05, 0.1) is 33.5 Å². The van der Waals surface area contributed by atoms with Gasteiger partial charge in [0.15, 0.2) is 5.75 Å². The number of carbonyl (C=O) groups is 1. The normalized spacial score (nSPS) is 10.7. The maximum Gasteiger partial charge on any atom is 0.274 e. The lowest BCUT2D eigenvalue weighted by Crippen LogP contribution is -2.19. The van der Waals surface area contributed by atoms with Gasteiger partial charge in [-0.1, -0.05) is 41.4 Å². The molecule has 1 N–H and O–H groups in total. The second-order valence-electron chi connectivity index (χ2n) is 6.20. The first kappa shape index (κ1) is 22.2. The number of hydrazone groups is 1. The number of nitriles is 1. The zero-order valence-electron chi connectivity index (χ0n) is 15.7. The SMILES string of the molecule is N#Cc1ccc(C(=O)N/N=C\c2cc(Cl)c(OCc3ccccc3F)c(Cl)c2)c(F)c1. The molecular formula is C22H13Cl2F2N3O2. The standard InChI is InChI=1S/C22H13Cl2F2N3O2/c23-17-7-14(8-18(24)21(17)31-12-15-3-1-2-4-19(15)25)11-28-29-22(30)16-6-5-13(10-27)9-20(16)26/h1-9,11H,12H2,(H,29,30)/b28-11-. The Balaban J connectivity index is 1.67. The Morgan fingerprint density at radius 1 is 1.10 bits per heavy atom. The van der Waals surface area contributed by atoms with Crippen molar-refractivity contribution in [3.63, 3.8) is 0 Å². The maximum atomic E-state index is 13.9. The number of hydrogen-bond acceptors (Lipinski definition) is 4. The molecule has 1 amide bonds. The summed E-state index contributed by atoms with van der Waals surface area (Å²) in [6.45, 7) is -0.0637. The van der Waals surface area contributed by atoms with Gasteiger partial charge in [0.2, 0.25) is 0 Å². The van der Waals surface area contributed by atoms with Crippen molar-refractivity contribution >= 4 is 35.3 Å². The van der Waals surface area contributed by atoms with Crippen LogP contribution in [0.3, 0.4) is 0 Å². The predicted octanol–water partition coefficient (Wildman–Crippen LogP) is 5.49. The van der Waals surface area contributed by atoms with Crippen LogP contribution in [-0.4, -0.2) is 12.1 Å². The van der Waals surface area contributed by atoms with Crippen LogP contribution in [0.2, 0.25) is 10.0 Å². The molecule has 0 unspecified atom stereocenters. The van der Waals surface area contributed by atoms with E-state index in [-0.39, 0.29) is 33.5 Å². The summed E-state index contributed by atoms with van der Waals surface area (Å²) >= 11 is 12.4. The summed E-state index contributed by atoms with van der Waals surface area (Å²) < 4.78 is 33.1. The Hall–Kier alpha value is -3.47. The number of halogens is 4. The average Bonchev–Trinajstić information content (AvgIpc) is 2.74. The second-order valence-corrected chi connectivity index (χ2v) is 7.01. The van der Waals surface area contributed by atoms with E-state index in [1.165, 1.54) is 36.5 Å². The molecule has 5 nitrogen and oxygen atoms in total. The summed E-state index contributed by atoms with van der Waals surface area (Å²) in [6, 6.07) is 14.4. The minimum Gasteiger partial charge on any atom is -0.486 e. The number of rotatable bonds is 6. The third-order valence-corrected chi connectivity index (χ3v) is 4.63. The van der Waals surface area contributed by atoms with Crippen LogP contribution in [0.4, 0.5) is 8.78 Å². The van der Waals surface area contributed by atoms with Crippen molar-refractivity contribution in [3.05, 3.63) is 98.5 Å². The van der Waals surface area contributed by atoms with Crippen LogP contribution >= 0.6 is 23.2 Å². The number of benzene rings is 3. The first-order valence-corrected chi connectivity index (χ1v) is 9.53. The van der Waals surface area contributed by atoms with Crippen LogP contribution in [0.5, 0.6) is 5.75 Å². The van der Waals surface area contributed by atoms with E-state index in [0.29, 0.717) is 11.1 Å². The van der Waals surface area contributed by atoms with Gasteiger partial charge < -0.3 is 4.74 Å². The van der Waals surface area contributed by atoms with E-state index in [2.05, 4.69) is 10.5 Å². The van der Waals surface area contributed by atoms with Crippen LogP contribution in [0.25, 0.3) is 0 Å². The maximum absolute atomic E-state index is 13.9. The third kappa shape index (κ3) is 5.57. The van der Waals surface area contributed by atoms with Crippen molar-refractivity contribution < 1.29 is 18.3 Å². The number of carbonyl (C=O) groups excluding carboxylic acids is 1. The van der Waals surface area contributed by atoms with E-state index in [4.69, 9.17) is 33.2 Å². The summed E-state index contributed by atoms with van der Waals surface area (Å²) in [6.07, 6.45) is 1.26. The van der Waals surface area contributed by atoms with Gasteiger partial charge in [-0.15, -0.1) is 0 Å². The fourth-order valence-corrected chi connectivity index (χ4v) is 3.16. The molecule has 156 valence electrons. The number of nitrogens with zero attached hydrogens (tertiary/aromatic N) is 2. The zero-order valence-corrected chi connectivity index (χ0v) is 17.2. The smallest absolute Gasteiger partial charge is 0.274 e. The highest BCUT2D eigenvalue weighted by atomic mass is 35.5. The number of hydrogen-bond donors (Lipinski definition) is 1. The topological polar surface area (TPSA) is 74.5 Å². The van der Waals surface area contributed by atoms with E-state index in [9.17, 15) is 13.6 Å². The Kier molecular flexibility index (Phi) is 7.19. The fourth-order valence-electron chi connectivity index (χ4n) is 2.55. The van der Waals surface area contributed by atoms with Gasteiger partial charge in [-0.2, -0.15) is 10.4 Å². The molecule has 0 aliphatic rings. The largest absolute Gasteiger partial charge is 0.486 e. The van der Waals surface area contributed by atoms with Gasteiger partial charge in [-0.3, -0.25) is 4.79 Å². The Morgan fingerprint density at radius 2 is 1.81 bits per heavy atom. The van der Waals surface area contributed by atoms with Crippen LogP contribution in [0.1, 0.15) is 27.0 Å². The van der Waals surface area contributed by atoms with Gasteiger partial charge in [-0.05, 0) is 42.0 Å². The van der Waals surface area contributed by atoms with Gasteiger partial charge >= 0.3 is 0 Å². The third-order valence-electron chi connectivity index (χ3n) is 4.07. The molecule has 0 saturated heterocycles. The number of nitrogens with one attached hydrogen (secondary N) is 1. The Bertz CT molecular complexity index is 1190. The lowest BCUT2D eigenvalue weighted by atomic mass is 10.1. The fraction of sp³-hybridized carbons (Fsp3) is 0.0455. The molecule has 0 saturated carbocycles. The van der Waals surface area contributed by atoms with Crippen molar-refractivity contribution in [2.45, 2.75) is 6.61 Å². The molecule has 0 fully saturated rings. The summed E-state index contributed by atoms with van der Waals surface area (Å²) in [7, 11) is 0. The molecule has 0 aliphatic carbocycles. The molecule has 3 aromatic carbocycles. The van der Waals surface area contributed by atoms with Crippen LogP contribution in [0.15, 0.2) is 59.7 Å². The quantitative estimate of drug-likeness (QED) is 0.391. The van der Waals surface area contributed by atoms with Crippen LogP contribution in [-0.2, 0) is 6.61 Å². The first-order valence-electron chi connectivity index (χ1n) is 8.77. The van der Waals surface area contributed by atoms with Crippen molar-refractivity contribution in [2.24, 2.45) is 5.10 Å². The molecule has 3 aromatic rings. The van der Waals surface area contributed by atoms with Crippen molar-refractivity contribution in [2.75, 3.05) is 0 Å². The van der Waals surface area contributed by atoms with Gasteiger partial charge in [0.25, 0.3) is 5.91 Å². The molecule has 0 bridgehead atoms. The van der Waals surface area contributed by atoms with Gasteiger partial charge in [-0.25, -0.2) is 14.2 Å². The summed E-state index contributed by atoms with van der Waals surface area (Å²) in [5.41, 5.74) is 2.80.